The molecule has 1 aliphatic rings. The number of nitrogens with one attached hydrogen (secondary N) is 1. The molecule has 190 valence electrons. The maximum Gasteiger partial charge on any atom is 0.263 e. The molecular formula is C24H27FN6O3S2. The van der Waals surface area contributed by atoms with Crippen LogP contribution in [-0.4, -0.2) is 59.3 Å². The molecule has 1 unspecified atom stereocenters. The summed E-state index contributed by atoms with van der Waals surface area (Å²) in [5.74, 6) is 0.220. The first-order valence-electron chi connectivity index (χ1n) is 11.4. The summed E-state index contributed by atoms with van der Waals surface area (Å²) in [5.41, 5.74) is 1.71. The van der Waals surface area contributed by atoms with E-state index in [0.717, 1.165) is 28.1 Å². The van der Waals surface area contributed by atoms with E-state index in [9.17, 15) is 17.6 Å². The number of piperazine rings is 1. The van der Waals surface area contributed by atoms with Crippen LogP contribution >= 0.6 is 11.5 Å². The SMILES string of the molecule is Cc1nsc(NS(=O)(=O)c2ccc(N3CCN(C(=O)C(C)n4ccc5cc(F)ccc54)CC3)cc2)n1.[HH]. The van der Waals surface area contributed by atoms with Crippen LogP contribution in [-0.2, 0) is 14.8 Å². The van der Waals surface area contributed by atoms with E-state index < -0.39 is 16.1 Å². The molecule has 0 saturated carbocycles. The number of carbonyl (C=O) groups is 1. The average Bonchev–Trinajstić information content (AvgIpc) is 3.48. The second-order valence-electron chi connectivity index (χ2n) is 8.66. The molecule has 1 N–H and O–H groups in total. The molecule has 1 aliphatic heterocycles. The van der Waals surface area contributed by atoms with Crippen LogP contribution in [0.1, 0.15) is 20.2 Å². The topological polar surface area (TPSA) is 100 Å². The van der Waals surface area contributed by atoms with Crippen molar-refractivity contribution in [2.24, 2.45) is 0 Å². The number of hydrogen-bond donors (Lipinski definition) is 1. The fourth-order valence-corrected chi connectivity index (χ4v) is 6.19. The molecule has 1 fully saturated rings. The Morgan fingerprint density at radius 3 is 2.50 bits per heavy atom. The molecule has 0 aliphatic carbocycles. The molecule has 0 spiro atoms. The van der Waals surface area contributed by atoms with Crippen LogP contribution in [0.3, 0.4) is 0 Å². The number of hydrogen-bond acceptors (Lipinski definition) is 7. The molecule has 1 amide bonds. The zero-order chi connectivity index (χ0) is 25.4. The lowest BCUT2D eigenvalue weighted by Crippen LogP contribution is -2.50. The van der Waals surface area contributed by atoms with Gasteiger partial charge in [-0.1, -0.05) is 0 Å². The number of aryl methyl sites for hydroxylation is 1. The van der Waals surface area contributed by atoms with E-state index in [1.165, 1.54) is 12.1 Å². The van der Waals surface area contributed by atoms with Crippen molar-refractivity contribution in [3.8, 4) is 0 Å². The van der Waals surface area contributed by atoms with E-state index >= 15 is 0 Å². The van der Waals surface area contributed by atoms with Gasteiger partial charge in [-0.15, -0.1) is 0 Å². The predicted octanol–water partition coefficient (Wildman–Crippen LogP) is 3.90. The van der Waals surface area contributed by atoms with Crippen molar-refractivity contribution in [2.45, 2.75) is 24.8 Å². The van der Waals surface area contributed by atoms with Gasteiger partial charge in [0.25, 0.3) is 10.0 Å². The summed E-state index contributed by atoms with van der Waals surface area (Å²) in [7, 11) is -3.75. The van der Waals surface area contributed by atoms with Crippen molar-refractivity contribution in [3.05, 3.63) is 66.4 Å². The molecule has 9 nitrogen and oxygen atoms in total. The summed E-state index contributed by atoms with van der Waals surface area (Å²) in [6.45, 7) is 5.91. The third kappa shape index (κ3) is 4.78. The number of rotatable bonds is 6. The summed E-state index contributed by atoms with van der Waals surface area (Å²) in [6.07, 6.45) is 1.82. The van der Waals surface area contributed by atoms with E-state index in [4.69, 9.17) is 0 Å². The quantitative estimate of drug-likeness (QED) is 0.406. The van der Waals surface area contributed by atoms with Gasteiger partial charge in [-0.25, -0.2) is 17.8 Å². The van der Waals surface area contributed by atoms with Gasteiger partial charge in [0.1, 0.15) is 17.7 Å². The number of halogens is 1. The molecule has 1 saturated heterocycles. The summed E-state index contributed by atoms with van der Waals surface area (Å²) in [5, 5.41) is 0.991. The molecule has 12 heteroatoms. The fraction of sp³-hybridized carbons (Fsp3) is 0.292. The highest BCUT2D eigenvalue weighted by atomic mass is 32.2. The molecule has 4 aromatic rings. The van der Waals surface area contributed by atoms with Gasteiger partial charge in [-0.2, -0.15) is 4.37 Å². The summed E-state index contributed by atoms with van der Waals surface area (Å²) >= 11 is 0.993. The molecule has 1 atom stereocenters. The second-order valence-corrected chi connectivity index (χ2v) is 11.1. The third-order valence-corrected chi connectivity index (χ3v) is 8.52. The minimum Gasteiger partial charge on any atom is -0.368 e. The molecule has 36 heavy (non-hydrogen) atoms. The first kappa shape index (κ1) is 24.2. The van der Waals surface area contributed by atoms with Gasteiger partial charge in [0.05, 0.1) is 4.90 Å². The lowest BCUT2D eigenvalue weighted by molar-refractivity contribution is -0.134. The molecule has 2 aromatic carbocycles. The van der Waals surface area contributed by atoms with E-state index in [0.29, 0.717) is 32.0 Å². The second kappa shape index (κ2) is 9.51. The van der Waals surface area contributed by atoms with E-state index in [-0.39, 0.29) is 23.2 Å². The maximum absolute atomic E-state index is 13.5. The van der Waals surface area contributed by atoms with Crippen LogP contribution in [0, 0.1) is 12.7 Å². The minimum atomic E-state index is -3.75. The van der Waals surface area contributed by atoms with Gasteiger partial charge in [-0.3, -0.25) is 9.52 Å². The highest BCUT2D eigenvalue weighted by Crippen LogP contribution is 2.25. The van der Waals surface area contributed by atoms with Gasteiger partial charge >= 0.3 is 0 Å². The van der Waals surface area contributed by atoms with Crippen molar-refractivity contribution in [2.75, 3.05) is 35.8 Å². The summed E-state index contributed by atoms with van der Waals surface area (Å²) < 4.78 is 47.1. The van der Waals surface area contributed by atoms with E-state index in [1.54, 1.807) is 37.3 Å². The van der Waals surface area contributed by atoms with Crippen LogP contribution < -0.4 is 9.62 Å². The van der Waals surface area contributed by atoms with Gasteiger partial charge in [0, 0.05) is 61.9 Å². The largest absolute Gasteiger partial charge is 0.368 e. The lowest BCUT2D eigenvalue weighted by Gasteiger charge is -2.37. The first-order valence-corrected chi connectivity index (χ1v) is 13.7. The Morgan fingerprint density at radius 2 is 1.83 bits per heavy atom. The zero-order valence-corrected chi connectivity index (χ0v) is 21.4. The first-order chi connectivity index (χ1) is 17.2. The smallest absolute Gasteiger partial charge is 0.263 e. The lowest BCUT2D eigenvalue weighted by atomic mass is 10.2. The van der Waals surface area contributed by atoms with Crippen molar-refractivity contribution in [3.63, 3.8) is 0 Å². The van der Waals surface area contributed by atoms with Crippen molar-refractivity contribution in [1.82, 2.24) is 18.8 Å². The highest BCUT2D eigenvalue weighted by molar-refractivity contribution is 7.93. The number of amides is 1. The number of benzene rings is 2. The van der Waals surface area contributed by atoms with Gasteiger partial charge < -0.3 is 14.4 Å². The van der Waals surface area contributed by atoms with Crippen molar-refractivity contribution in [1.29, 1.82) is 0 Å². The standard InChI is InChI=1S/C24H25FN6O3S2.H2/c1-16(31-10-9-18-15-19(25)3-8-22(18)31)23(32)30-13-11-29(12-14-30)20-4-6-21(7-5-20)36(33,34)28-24-26-17(2)27-35-24;/h3-10,15-16H,11-14H2,1-2H3,(H,26,27,28);1H. The fourth-order valence-electron chi connectivity index (χ4n) is 4.39. The Morgan fingerprint density at radius 1 is 1.11 bits per heavy atom. The molecule has 3 heterocycles. The number of sulfonamides is 1. The van der Waals surface area contributed by atoms with Gasteiger partial charge in [0.15, 0.2) is 0 Å². The van der Waals surface area contributed by atoms with Crippen LogP contribution in [0.15, 0.2) is 59.6 Å². The highest BCUT2D eigenvalue weighted by Gasteiger charge is 2.27. The Hall–Kier alpha value is -3.51. The molecule has 0 radical (unpaired) electrons. The third-order valence-electron chi connectivity index (χ3n) is 6.31. The van der Waals surface area contributed by atoms with E-state index in [2.05, 4.69) is 19.0 Å². The molecule has 0 bridgehead atoms. The van der Waals surface area contributed by atoms with Gasteiger partial charge in [0.2, 0.25) is 11.0 Å². The van der Waals surface area contributed by atoms with Gasteiger partial charge in [-0.05, 0) is 62.4 Å². The molecular weight excluding hydrogens is 503 g/mol. The van der Waals surface area contributed by atoms with Crippen molar-refractivity contribution < 1.29 is 19.0 Å². The Balaban J connectivity index is 0.00000320. The predicted molar refractivity (Wildman–Crippen MR) is 139 cm³/mol. The monoisotopic (exact) mass is 530 g/mol. The maximum atomic E-state index is 13.5. The van der Waals surface area contributed by atoms with Crippen LogP contribution in [0.4, 0.5) is 15.2 Å². The normalized spacial score (nSPS) is 15.3. The van der Waals surface area contributed by atoms with Crippen molar-refractivity contribution >= 4 is 49.2 Å². The average molecular weight is 531 g/mol. The Bertz CT molecular complexity index is 1520. The zero-order valence-electron chi connectivity index (χ0n) is 19.8. The van der Waals surface area contributed by atoms with Crippen LogP contribution in [0.2, 0.25) is 0 Å². The number of anilines is 2. The summed E-state index contributed by atoms with van der Waals surface area (Å²) in [4.78, 5) is 21.3. The van der Waals surface area contributed by atoms with Crippen LogP contribution in [0.25, 0.3) is 10.9 Å². The molecule has 5 rings (SSSR count). The Labute approximate surface area is 213 Å². The number of aromatic nitrogens is 3. The van der Waals surface area contributed by atoms with E-state index in [1.807, 2.05) is 28.7 Å². The summed E-state index contributed by atoms with van der Waals surface area (Å²) in [6, 6.07) is 12.6. The minimum absolute atomic E-state index is 0. The van der Waals surface area contributed by atoms with Crippen LogP contribution in [0.5, 0.6) is 0 Å². The number of nitrogens with zero attached hydrogens (tertiary/aromatic N) is 5. The number of fused-ring (bicyclic) bond motifs is 1. The molecule has 2 aromatic heterocycles. The Kier molecular flexibility index (Phi) is 6.39. The number of carbonyl (C=O) groups excluding carboxylic acids is 1.